The molecular formula is C19H21ClN2O3S. The van der Waals surface area contributed by atoms with Crippen molar-refractivity contribution in [3.63, 3.8) is 0 Å². The van der Waals surface area contributed by atoms with Crippen LogP contribution in [0.25, 0.3) is 0 Å². The predicted octanol–water partition coefficient (Wildman–Crippen LogP) is 3.75. The van der Waals surface area contributed by atoms with Gasteiger partial charge in [-0.15, -0.1) is 0 Å². The van der Waals surface area contributed by atoms with E-state index >= 15 is 0 Å². The van der Waals surface area contributed by atoms with Crippen molar-refractivity contribution in [2.24, 2.45) is 0 Å². The van der Waals surface area contributed by atoms with Gasteiger partial charge in [0.2, 0.25) is 15.9 Å². The summed E-state index contributed by atoms with van der Waals surface area (Å²) in [4.78, 5) is 12.9. The summed E-state index contributed by atoms with van der Waals surface area (Å²) < 4.78 is 27.2. The van der Waals surface area contributed by atoms with Crippen molar-refractivity contribution < 1.29 is 13.2 Å². The minimum atomic E-state index is -3.72. The van der Waals surface area contributed by atoms with Gasteiger partial charge in [-0.1, -0.05) is 35.4 Å². The Morgan fingerprint density at radius 2 is 1.77 bits per heavy atom. The summed E-state index contributed by atoms with van der Waals surface area (Å²) in [5, 5.41) is 3.20. The van der Waals surface area contributed by atoms with Crippen molar-refractivity contribution in [2.45, 2.75) is 37.6 Å². The largest absolute Gasteiger partial charge is 0.323 e. The molecule has 0 aliphatic carbocycles. The lowest BCUT2D eigenvalue weighted by Crippen LogP contribution is -2.43. The van der Waals surface area contributed by atoms with Gasteiger partial charge in [0.25, 0.3) is 0 Å². The third-order valence-corrected chi connectivity index (χ3v) is 6.75. The van der Waals surface area contributed by atoms with Crippen LogP contribution in [-0.4, -0.2) is 31.2 Å². The number of carbonyl (C=O) groups excluding carboxylic acids is 1. The molecular weight excluding hydrogens is 372 g/mol. The maximum Gasteiger partial charge on any atom is 0.243 e. The molecule has 0 spiro atoms. The van der Waals surface area contributed by atoms with E-state index in [0.29, 0.717) is 30.1 Å². The van der Waals surface area contributed by atoms with Crippen molar-refractivity contribution in [2.75, 3.05) is 11.9 Å². The number of rotatable bonds is 4. The number of aryl methyl sites for hydroxylation is 2. The molecule has 1 heterocycles. The second kappa shape index (κ2) is 7.39. The molecule has 0 radical (unpaired) electrons. The molecule has 1 N–H and O–H groups in total. The van der Waals surface area contributed by atoms with Crippen molar-refractivity contribution in [1.29, 1.82) is 0 Å². The Hall–Kier alpha value is -1.89. The smallest absolute Gasteiger partial charge is 0.243 e. The van der Waals surface area contributed by atoms with Crippen LogP contribution < -0.4 is 5.32 Å². The van der Waals surface area contributed by atoms with Crippen molar-refractivity contribution in [1.82, 2.24) is 4.31 Å². The third kappa shape index (κ3) is 3.77. The molecule has 26 heavy (non-hydrogen) atoms. The fourth-order valence-electron chi connectivity index (χ4n) is 3.07. The average molecular weight is 393 g/mol. The van der Waals surface area contributed by atoms with Crippen LogP contribution in [-0.2, 0) is 14.8 Å². The summed E-state index contributed by atoms with van der Waals surface area (Å²) in [5.41, 5.74) is 2.45. The van der Waals surface area contributed by atoms with Gasteiger partial charge in [-0.2, -0.15) is 4.31 Å². The van der Waals surface area contributed by atoms with Crippen LogP contribution in [0.3, 0.4) is 0 Å². The monoisotopic (exact) mass is 392 g/mol. The standard InChI is InChI=1S/C19H21ClN2O3S/c1-13-5-8-15(9-6-13)26(24,25)22-11-3-4-18(22)19(23)21-17-10-7-14(2)12-16(17)20/h5-10,12,18H,3-4,11H2,1-2H3,(H,21,23). The van der Waals surface area contributed by atoms with Crippen LogP contribution in [0.15, 0.2) is 47.4 Å². The van der Waals surface area contributed by atoms with E-state index in [-0.39, 0.29) is 10.8 Å². The number of sulfonamides is 1. The second-order valence-electron chi connectivity index (χ2n) is 6.56. The van der Waals surface area contributed by atoms with Crippen LogP contribution in [0.4, 0.5) is 5.69 Å². The lowest BCUT2D eigenvalue weighted by Gasteiger charge is -2.23. The summed E-state index contributed by atoms with van der Waals surface area (Å²) in [5.74, 6) is -0.357. The number of halogens is 1. The minimum Gasteiger partial charge on any atom is -0.323 e. The quantitative estimate of drug-likeness (QED) is 0.861. The highest BCUT2D eigenvalue weighted by atomic mass is 35.5. The number of hydrogen-bond acceptors (Lipinski definition) is 3. The van der Waals surface area contributed by atoms with Gasteiger partial charge in [-0.05, 0) is 56.5 Å². The Labute approximate surface area is 159 Å². The molecule has 1 aliphatic heterocycles. The summed E-state index contributed by atoms with van der Waals surface area (Å²) in [6.45, 7) is 4.13. The van der Waals surface area contributed by atoms with Gasteiger partial charge >= 0.3 is 0 Å². The molecule has 1 fully saturated rings. The molecule has 0 saturated carbocycles. The Balaban J connectivity index is 1.83. The van der Waals surface area contributed by atoms with Gasteiger partial charge in [0.15, 0.2) is 0 Å². The molecule has 2 aromatic rings. The number of anilines is 1. The first-order valence-corrected chi connectivity index (χ1v) is 10.3. The SMILES string of the molecule is Cc1ccc(S(=O)(=O)N2CCCC2C(=O)Nc2ccc(C)cc2Cl)cc1. The molecule has 5 nitrogen and oxygen atoms in total. The predicted molar refractivity (Wildman–Crippen MR) is 103 cm³/mol. The second-order valence-corrected chi connectivity index (χ2v) is 8.86. The summed E-state index contributed by atoms with van der Waals surface area (Å²) in [7, 11) is -3.72. The van der Waals surface area contributed by atoms with E-state index in [0.717, 1.165) is 11.1 Å². The zero-order valence-corrected chi connectivity index (χ0v) is 16.3. The fourth-order valence-corrected chi connectivity index (χ4v) is 5.01. The molecule has 1 amide bonds. The van der Waals surface area contributed by atoms with E-state index in [2.05, 4.69) is 5.32 Å². The Morgan fingerprint density at radius 3 is 2.42 bits per heavy atom. The average Bonchev–Trinajstić information content (AvgIpc) is 3.08. The number of nitrogens with one attached hydrogen (secondary N) is 1. The maximum atomic E-state index is 12.9. The Bertz CT molecular complexity index is 926. The lowest BCUT2D eigenvalue weighted by molar-refractivity contribution is -0.119. The first-order valence-electron chi connectivity index (χ1n) is 8.44. The van der Waals surface area contributed by atoms with E-state index in [1.54, 1.807) is 36.4 Å². The van der Waals surface area contributed by atoms with Gasteiger partial charge in [-0.25, -0.2) is 8.42 Å². The lowest BCUT2D eigenvalue weighted by atomic mass is 10.2. The van der Waals surface area contributed by atoms with Gasteiger partial charge < -0.3 is 5.32 Å². The summed E-state index contributed by atoms with van der Waals surface area (Å²) in [6, 6.07) is 11.3. The zero-order valence-electron chi connectivity index (χ0n) is 14.7. The minimum absolute atomic E-state index is 0.205. The van der Waals surface area contributed by atoms with E-state index in [1.165, 1.54) is 4.31 Å². The molecule has 1 saturated heterocycles. The molecule has 1 atom stereocenters. The fraction of sp³-hybridized carbons (Fsp3) is 0.316. The van der Waals surface area contributed by atoms with Gasteiger partial charge in [-0.3, -0.25) is 4.79 Å². The van der Waals surface area contributed by atoms with E-state index in [1.807, 2.05) is 19.9 Å². The molecule has 2 aromatic carbocycles. The number of amides is 1. The van der Waals surface area contributed by atoms with Crippen molar-refractivity contribution in [3.8, 4) is 0 Å². The number of benzene rings is 2. The highest BCUT2D eigenvalue weighted by Gasteiger charge is 2.39. The highest BCUT2D eigenvalue weighted by Crippen LogP contribution is 2.29. The highest BCUT2D eigenvalue weighted by molar-refractivity contribution is 7.89. The van der Waals surface area contributed by atoms with Crippen LogP contribution in [0, 0.1) is 13.8 Å². The van der Waals surface area contributed by atoms with E-state index < -0.39 is 16.1 Å². The molecule has 1 aliphatic rings. The molecule has 3 rings (SSSR count). The third-order valence-electron chi connectivity index (χ3n) is 4.52. The summed E-state index contributed by atoms with van der Waals surface area (Å²) >= 11 is 6.17. The number of carbonyl (C=O) groups is 1. The summed E-state index contributed by atoms with van der Waals surface area (Å²) in [6.07, 6.45) is 1.13. The van der Waals surface area contributed by atoms with E-state index in [9.17, 15) is 13.2 Å². The van der Waals surface area contributed by atoms with E-state index in [4.69, 9.17) is 11.6 Å². The molecule has 7 heteroatoms. The van der Waals surface area contributed by atoms with Crippen LogP contribution in [0.5, 0.6) is 0 Å². The van der Waals surface area contributed by atoms with Crippen LogP contribution >= 0.6 is 11.6 Å². The number of hydrogen-bond donors (Lipinski definition) is 1. The first-order chi connectivity index (χ1) is 12.3. The molecule has 0 aromatic heterocycles. The van der Waals surface area contributed by atoms with Crippen molar-refractivity contribution >= 4 is 33.2 Å². The first kappa shape index (κ1) is 18.9. The van der Waals surface area contributed by atoms with Gasteiger partial charge in [0.05, 0.1) is 15.6 Å². The Kier molecular flexibility index (Phi) is 5.37. The van der Waals surface area contributed by atoms with Gasteiger partial charge in [0, 0.05) is 6.54 Å². The zero-order chi connectivity index (χ0) is 18.9. The van der Waals surface area contributed by atoms with Crippen LogP contribution in [0.1, 0.15) is 24.0 Å². The molecule has 1 unspecified atom stereocenters. The van der Waals surface area contributed by atoms with Gasteiger partial charge in [0.1, 0.15) is 6.04 Å². The van der Waals surface area contributed by atoms with Crippen LogP contribution in [0.2, 0.25) is 5.02 Å². The molecule has 0 bridgehead atoms. The topological polar surface area (TPSA) is 66.5 Å². The molecule has 138 valence electrons. The maximum absolute atomic E-state index is 12.9. The van der Waals surface area contributed by atoms with Crippen molar-refractivity contribution in [3.05, 3.63) is 58.6 Å². The normalized spacial score (nSPS) is 18.0. The Morgan fingerprint density at radius 1 is 1.12 bits per heavy atom. The number of nitrogens with zero attached hydrogens (tertiary/aromatic N) is 1.